The normalized spacial score (nSPS) is 15.4. The summed E-state index contributed by atoms with van der Waals surface area (Å²) in [6, 6.07) is 12.1. The van der Waals surface area contributed by atoms with Crippen LogP contribution in [0.15, 0.2) is 36.4 Å². The van der Waals surface area contributed by atoms with Gasteiger partial charge in [-0.25, -0.2) is 0 Å². The first-order chi connectivity index (χ1) is 9.72. The largest absolute Gasteiger partial charge is 0.348 e. The molecule has 0 radical (unpaired) electrons. The lowest BCUT2D eigenvalue weighted by molar-refractivity contribution is -0.118. The third kappa shape index (κ3) is 2.69. The molecule has 1 aromatic carbocycles. The van der Waals surface area contributed by atoms with E-state index < -0.39 is 0 Å². The highest BCUT2D eigenvalue weighted by Gasteiger charge is 2.18. The average molecular weight is 267 g/mol. The third-order valence-electron chi connectivity index (χ3n) is 3.54. The molecule has 0 saturated carbocycles. The van der Waals surface area contributed by atoms with Gasteiger partial charge in [0.1, 0.15) is 0 Å². The molecule has 0 N–H and O–H groups in total. The molecule has 0 spiro atoms. The first kappa shape index (κ1) is 12.8. The molecular weight excluding hydrogens is 250 g/mol. The predicted octanol–water partition coefficient (Wildman–Crippen LogP) is 2.62. The number of aromatic nitrogens is 2. The number of anilines is 1. The van der Waals surface area contributed by atoms with E-state index in [1.807, 2.05) is 29.2 Å². The molecule has 0 aliphatic carbocycles. The number of hydrogen-bond acceptors (Lipinski definition) is 4. The first-order valence-electron chi connectivity index (χ1n) is 6.90. The van der Waals surface area contributed by atoms with Crippen molar-refractivity contribution in [3.8, 4) is 11.3 Å². The van der Waals surface area contributed by atoms with Crippen molar-refractivity contribution in [1.29, 1.82) is 0 Å². The fraction of sp³-hybridized carbons (Fsp3) is 0.312. The predicted molar refractivity (Wildman–Crippen MR) is 78.7 cm³/mol. The van der Waals surface area contributed by atoms with Crippen molar-refractivity contribution < 1.29 is 4.79 Å². The van der Waals surface area contributed by atoms with Crippen molar-refractivity contribution in [3.63, 3.8) is 0 Å². The summed E-state index contributed by atoms with van der Waals surface area (Å²) in [4.78, 5) is 13.5. The maximum Gasteiger partial charge on any atom is 0.152 e. The lowest BCUT2D eigenvalue weighted by atomic mass is 10.1. The zero-order chi connectivity index (χ0) is 13.9. The van der Waals surface area contributed by atoms with Gasteiger partial charge >= 0.3 is 0 Å². The van der Waals surface area contributed by atoms with Gasteiger partial charge in [0, 0.05) is 18.5 Å². The van der Waals surface area contributed by atoms with Crippen LogP contribution in [-0.4, -0.2) is 29.1 Å². The molecule has 1 fully saturated rings. The molecule has 0 unspecified atom stereocenters. The summed E-state index contributed by atoms with van der Waals surface area (Å²) >= 11 is 0. The van der Waals surface area contributed by atoms with Crippen molar-refractivity contribution in [3.05, 3.63) is 42.0 Å². The van der Waals surface area contributed by atoms with E-state index in [0.717, 1.165) is 30.0 Å². The number of hydrogen-bond donors (Lipinski definition) is 0. The van der Waals surface area contributed by atoms with Crippen molar-refractivity contribution >= 4 is 11.6 Å². The lowest BCUT2D eigenvalue weighted by Crippen LogP contribution is -2.36. The molecule has 4 heteroatoms. The van der Waals surface area contributed by atoms with Gasteiger partial charge in [0.05, 0.1) is 12.2 Å². The Morgan fingerprint density at radius 2 is 2.05 bits per heavy atom. The van der Waals surface area contributed by atoms with Crippen molar-refractivity contribution in [1.82, 2.24) is 10.2 Å². The zero-order valence-electron chi connectivity index (χ0n) is 11.5. The summed E-state index contributed by atoms with van der Waals surface area (Å²) in [6.45, 7) is 3.40. The number of piperidine rings is 1. The van der Waals surface area contributed by atoms with Gasteiger partial charge in [-0.1, -0.05) is 23.8 Å². The van der Waals surface area contributed by atoms with Crippen LogP contribution in [0.3, 0.4) is 0 Å². The van der Waals surface area contributed by atoms with Crippen LogP contribution in [-0.2, 0) is 4.79 Å². The van der Waals surface area contributed by atoms with E-state index in [1.54, 1.807) is 0 Å². The number of benzene rings is 1. The highest BCUT2D eigenvalue weighted by atomic mass is 16.1. The van der Waals surface area contributed by atoms with Crippen LogP contribution in [0.2, 0.25) is 0 Å². The Hall–Kier alpha value is -2.23. The molecular formula is C16H17N3O. The second-order valence-electron chi connectivity index (χ2n) is 5.21. The third-order valence-corrected chi connectivity index (χ3v) is 3.54. The number of Topliss-reactive ketones (excluding diaryl/α,β-unsaturated/α-hetero) is 1. The molecule has 0 amide bonds. The van der Waals surface area contributed by atoms with Crippen molar-refractivity contribution in [2.75, 3.05) is 18.0 Å². The van der Waals surface area contributed by atoms with E-state index in [1.165, 1.54) is 5.56 Å². The Morgan fingerprint density at radius 1 is 1.15 bits per heavy atom. The Kier molecular flexibility index (Phi) is 3.46. The van der Waals surface area contributed by atoms with Crippen LogP contribution >= 0.6 is 0 Å². The number of nitrogens with zero attached hydrogens (tertiary/aromatic N) is 3. The highest BCUT2D eigenvalue weighted by Crippen LogP contribution is 2.20. The Labute approximate surface area is 118 Å². The van der Waals surface area contributed by atoms with Crippen molar-refractivity contribution in [2.45, 2.75) is 19.8 Å². The minimum absolute atomic E-state index is 0.279. The molecule has 1 saturated heterocycles. The second kappa shape index (κ2) is 5.41. The van der Waals surface area contributed by atoms with E-state index in [2.05, 4.69) is 29.3 Å². The first-order valence-corrected chi connectivity index (χ1v) is 6.90. The molecule has 2 heterocycles. The SMILES string of the molecule is Cc1cccc(-c2ccc(N3CCCC(=O)C3)nn2)c1. The highest BCUT2D eigenvalue weighted by molar-refractivity contribution is 5.84. The standard InChI is InChI=1S/C16H17N3O/c1-12-4-2-5-13(10-12)15-7-8-16(18-17-15)19-9-3-6-14(20)11-19/h2,4-5,7-8,10H,3,6,9,11H2,1H3. The van der Waals surface area contributed by atoms with Gasteiger partial charge in [-0.05, 0) is 31.5 Å². The summed E-state index contributed by atoms with van der Waals surface area (Å²) < 4.78 is 0. The van der Waals surface area contributed by atoms with Gasteiger partial charge in [0.15, 0.2) is 11.6 Å². The summed E-state index contributed by atoms with van der Waals surface area (Å²) in [6.07, 6.45) is 1.59. The van der Waals surface area contributed by atoms with Gasteiger partial charge in [-0.2, -0.15) is 0 Å². The van der Waals surface area contributed by atoms with E-state index in [0.29, 0.717) is 13.0 Å². The summed E-state index contributed by atoms with van der Waals surface area (Å²) in [5.41, 5.74) is 3.13. The summed E-state index contributed by atoms with van der Waals surface area (Å²) in [7, 11) is 0. The molecule has 2 aromatic rings. The molecule has 1 aromatic heterocycles. The van der Waals surface area contributed by atoms with Crippen LogP contribution in [0.5, 0.6) is 0 Å². The molecule has 4 nitrogen and oxygen atoms in total. The van der Waals surface area contributed by atoms with Gasteiger partial charge in [-0.15, -0.1) is 10.2 Å². The zero-order valence-corrected chi connectivity index (χ0v) is 11.5. The summed E-state index contributed by atoms with van der Waals surface area (Å²) in [5.74, 6) is 1.07. The number of carbonyl (C=O) groups is 1. The Balaban J connectivity index is 1.82. The van der Waals surface area contributed by atoms with Crippen molar-refractivity contribution in [2.24, 2.45) is 0 Å². The van der Waals surface area contributed by atoms with E-state index in [9.17, 15) is 4.79 Å². The average Bonchev–Trinajstić information content (AvgIpc) is 2.47. The quantitative estimate of drug-likeness (QED) is 0.839. The number of rotatable bonds is 2. The molecule has 20 heavy (non-hydrogen) atoms. The minimum atomic E-state index is 0.279. The molecule has 3 rings (SSSR count). The maximum atomic E-state index is 11.5. The maximum absolute atomic E-state index is 11.5. The van der Waals surface area contributed by atoms with Crippen LogP contribution in [0.4, 0.5) is 5.82 Å². The van der Waals surface area contributed by atoms with E-state index in [4.69, 9.17) is 0 Å². The minimum Gasteiger partial charge on any atom is -0.348 e. The van der Waals surface area contributed by atoms with Crippen LogP contribution in [0, 0.1) is 6.92 Å². The number of ketones is 1. The second-order valence-corrected chi connectivity index (χ2v) is 5.21. The van der Waals surface area contributed by atoms with Gasteiger partial charge in [0.2, 0.25) is 0 Å². The topological polar surface area (TPSA) is 46.1 Å². The van der Waals surface area contributed by atoms with E-state index in [-0.39, 0.29) is 5.78 Å². The number of aryl methyl sites for hydroxylation is 1. The Morgan fingerprint density at radius 3 is 2.75 bits per heavy atom. The molecule has 0 bridgehead atoms. The van der Waals surface area contributed by atoms with Gasteiger partial charge in [0.25, 0.3) is 0 Å². The van der Waals surface area contributed by atoms with Gasteiger partial charge < -0.3 is 4.90 Å². The monoisotopic (exact) mass is 267 g/mol. The summed E-state index contributed by atoms with van der Waals surface area (Å²) in [5, 5.41) is 8.55. The van der Waals surface area contributed by atoms with E-state index >= 15 is 0 Å². The fourth-order valence-corrected chi connectivity index (χ4v) is 2.49. The molecule has 1 aliphatic heterocycles. The van der Waals surface area contributed by atoms with Crippen LogP contribution in [0.1, 0.15) is 18.4 Å². The lowest BCUT2D eigenvalue weighted by Gasteiger charge is -2.26. The smallest absolute Gasteiger partial charge is 0.152 e. The number of carbonyl (C=O) groups excluding carboxylic acids is 1. The Bertz CT molecular complexity index is 622. The fourth-order valence-electron chi connectivity index (χ4n) is 2.49. The van der Waals surface area contributed by atoms with Gasteiger partial charge in [-0.3, -0.25) is 4.79 Å². The molecule has 102 valence electrons. The molecule has 1 aliphatic rings. The van der Waals surface area contributed by atoms with Crippen LogP contribution in [0.25, 0.3) is 11.3 Å². The molecule has 0 atom stereocenters. The van der Waals surface area contributed by atoms with Crippen LogP contribution < -0.4 is 4.90 Å².